The van der Waals surface area contributed by atoms with Crippen LogP contribution >= 0.6 is 15.9 Å². The zero-order valence-corrected chi connectivity index (χ0v) is 11.4. The highest BCUT2D eigenvalue weighted by molar-refractivity contribution is 9.10. The first-order valence-corrected chi connectivity index (χ1v) is 6.17. The molecule has 0 radical (unpaired) electrons. The predicted molar refractivity (Wildman–Crippen MR) is 68.5 cm³/mol. The number of ether oxygens (including phenoxy) is 1. The van der Waals surface area contributed by atoms with Crippen LogP contribution in [0.25, 0.3) is 0 Å². The van der Waals surface area contributed by atoms with E-state index in [-0.39, 0.29) is 11.3 Å². The van der Waals surface area contributed by atoms with E-state index in [2.05, 4.69) is 25.7 Å². The summed E-state index contributed by atoms with van der Waals surface area (Å²) in [6, 6.07) is 8.14. The van der Waals surface area contributed by atoms with E-state index >= 15 is 0 Å². The molecule has 20 heavy (non-hydrogen) atoms. The average molecular weight is 346 g/mol. The van der Waals surface area contributed by atoms with E-state index in [4.69, 9.17) is 0 Å². The quantitative estimate of drug-likeness (QED) is 0.790. The third kappa shape index (κ3) is 3.57. The van der Waals surface area contributed by atoms with Gasteiger partial charge in [-0.3, -0.25) is 9.78 Å². The topological polar surface area (TPSA) is 39.2 Å². The number of alkyl halides is 3. The average Bonchev–Trinajstić information content (AvgIpc) is 2.37. The third-order valence-corrected chi connectivity index (χ3v) is 2.79. The van der Waals surface area contributed by atoms with Gasteiger partial charge in [0.25, 0.3) is 0 Å². The van der Waals surface area contributed by atoms with E-state index in [1.54, 1.807) is 6.07 Å². The fraction of sp³-hybridized carbons (Fsp3) is 0.0769. The SMILES string of the molecule is O=C(c1ccc(Br)cn1)c1ccccc1OC(F)(F)F. The van der Waals surface area contributed by atoms with Crippen LogP contribution in [0.5, 0.6) is 5.75 Å². The molecular formula is C13H7BrF3NO2. The van der Waals surface area contributed by atoms with Crippen molar-refractivity contribution < 1.29 is 22.7 Å². The van der Waals surface area contributed by atoms with Gasteiger partial charge in [0.15, 0.2) is 0 Å². The minimum atomic E-state index is -4.86. The van der Waals surface area contributed by atoms with Gasteiger partial charge >= 0.3 is 6.36 Å². The van der Waals surface area contributed by atoms with Crippen LogP contribution in [0, 0.1) is 0 Å². The third-order valence-electron chi connectivity index (χ3n) is 2.32. The van der Waals surface area contributed by atoms with Crippen molar-refractivity contribution in [1.29, 1.82) is 0 Å². The number of ketones is 1. The standard InChI is InChI=1S/C13H7BrF3NO2/c14-8-5-6-10(18-7-8)12(19)9-3-1-2-4-11(9)20-13(15,16)17/h1-7H. The summed E-state index contributed by atoms with van der Waals surface area (Å²) >= 11 is 3.16. The maximum Gasteiger partial charge on any atom is 0.573 e. The lowest BCUT2D eigenvalue weighted by Crippen LogP contribution is -2.19. The molecule has 0 saturated heterocycles. The molecule has 104 valence electrons. The van der Waals surface area contributed by atoms with Crippen molar-refractivity contribution in [2.45, 2.75) is 6.36 Å². The largest absolute Gasteiger partial charge is 0.573 e. The van der Waals surface area contributed by atoms with Crippen LogP contribution in [-0.4, -0.2) is 17.1 Å². The number of nitrogens with zero attached hydrogens (tertiary/aromatic N) is 1. The zero-order chi connectivity index (χ0) is 14.8. The van der Waals surface area contributed by atoms with Crippen LogP contribution in [0.3, 0.4) is 0 Å². The van der Waals surface area contributed by atoms with Crippen LogP contribution in [0.4, 0.5) is 13.2 Å². The molecule has 1 aromatic carbocycles. The van der Waals surface area contributed by atoms with Gasteiger partial charge in [0.1, 0.15) is 11.4 Å². The number of carbonyl (C=O) groups excluding carboxylic acids is 1. The fourth-order valence-corrected chi connectivity index (χ4v) is 1.75. The van der Waals surface area contributed by atoms with Crippen LogP contribution in [0.2, 0.25) is 0 Å². The molecule has 0 aliphatic heterocycles. The second-order valence-corrected chi connectivity index (χ2v) is 4.65. The number of hydrogen-bond acceptors (Lipinski definition) is 3. The van der Waals surface area contributed by atoms with Gasteiger partial charge in [-0.25, -0.2) is 0 Å². The van der Waals surface area contributed by atoms with E-state index in [9.17, 15) is 18.0 Å². The number of pyridine rings is 1. The fourth-order valence-electron chi connectivity index (χ4n) is 1.52. The molecule has 0 amide bonds. The summed E-state index contributed by atoms with van der Waals surface area (Å²) in [6.07, 6.45) is -3.47. The van der Waals surface area contributed by atoms with Crippen LogP contribution in [-0.2, 0) is 0 Å². The maximum atomic E-state index is 12.3. The van der Waals surface area contributed by atoms with Crippen molar-refractivity contribution >= 4 is 21.7 Å². The Kier molecular flexibility index (Phi) is 4.08. The molecule has 0 unspecified atom stereocenters. The molecule has 1 heterocycles. The van der Waals surface area contributed by atoms with Gasteiger partial charge in [-0.05, 0) is 40.2 Å². The molecule has 0 aliphatic carbocycles. The van der Waals surface area contributed by atoms with Crippen LogP contribution in [0.1, 0.15) is 16.1 Å². The number of hydrogen-bond donors (Lipinski definition) is 0. The Labute approximate surface area is 120 Å². The highest BCUT2D eigenvalue weighted by Crippen LogP contribution is 2.27. The summed E-state index contributed by atoms with van der Waals surface area (Å²) in [5.74, 6) is -1.19. The molecule has 1 aromatic heterocycles. The first-order valence-electron chi connectivity index (χ1n) is 5.38. The minimum absolute atomic E-state index is 0.0337. The molecule has 0 fully saturated rings. The van der Waals surface area contributed by atoms with E-state index in [1.165, 1.54) is 30.5 Å². The van der Waals surface area contributed by atoms with Crippen molar-refractivity contribution in [3.63, 3.8) is 0 Å². The lowest BCUT2D eigenvalue weighted by atomic mass is 10.1. The van der Waals surface area contributed by atoms with Crippen molar-refractivity contribution in [2.24, 2.45) is 0 Å². The lowest BCUT2D eigenvalue weighted by Gasteiger charge is -2.12. The molecule has 0 atom stereocenters. The number of rotatable bonds is 3. The Balaban J connectivity index is 2.37. The van der Waals surface area contributed by atoms with Crippen molar-refractivity contribution in [1.82, 2.24) is 4.98 Å². The molecule has 0 spiro atoms. The van der Waals surface area contributed by atoms with Crippen molar-refractivity contribution in [3.05, 3.63) is 58.3 Å². The summed E-state index contributed by atoms with van der Waals surface area (Å²) in [4.78, 5) is 16.0. The van der Waals surface area contributed by atoms with Gasteiger partial charge in [-0.1, -0.05) is 12.1 Å². The summed E-state index contributed by atoms with van der Waals surface area (Å²) in [7, 11) is 0. The Hall–Kier alpha value is -1.89. The summed E-state index contributed by atoms with van der Waals surface area (Å²) in [5.41, 5.74) is -0.161. The summed E-state index contributed by atoms with van der Waals surface area (Å²) in [6.45, 7) is 0. The van der Waals surface area contributed by atoms with E-state index in [0.717, 1.165) is 6.07 Å². The minimum Gasteiger partial charge on any atom is -0.405 e. The van der Waals surface area contributed by atoms with E-state index in [1.807, 2.05) is 0 Å². The molecule has 0 aliphatic rings. The van der Waals surface area contributed by atoms with Gasteiger partial charge < -0.3 is 4.74 Å². The van der Waals surface area contributed by atoms with Gasteiger partial charge in [-0.15, -0.1) is 13.2 Å². The Morgan fingerprint density at radius 1 is 1.15 bits per heavy atom. The van der Waals surface area contributed by atoms with Gasteiger partial charge in [0.2, 0.25) is 5.78 Å². The number of aromatic nitrogens is 1. The van der Waals surface area contributed by atoms with Crippen molar-refractivity contribution in [3.8, 4) is 5.75 Å². The normalized spacial score (nSPS) is 11.2. The lowest BCUT2D eigenvalue weighted by molar-refractivity contribution is -0.274. The Morgan fingerprint density at radius 2 is 1.85 bits per heavy atom. The molecule has 0 bridgehead atoms. The highest BCUT2D eigenvalue weighted by Gasteiger charge is 2.33. The first-order chi connectivity index (χ1) is 9.37. The molecule has 0 saturated carbocycles. The second kappa shape index (κ2) is 5.62. The van der Waals surface area contributed by atoms with Crippen LogP contribution in [0.15, 0.2) is 47.1 Å². The molecule has 3 nitrogen and oxygen atoms in total. The number of para-hydroxylation sites is 1. The molecule has 0 N–H and O–H groups in total. The van der Waals surface area contributed by atoms with Gasteiger partial charge in [0, 0.05) is 10.7 Å². The molecule has 7 heteroatoms. The maximum absolute atomic E-state index is 12.3. The number of benzene rings is 1. The first kappa shape index (κ1) is 14.5. The molecule has 2 rings (SSSR count). The Morgan fingerprint density at radius 3 is 2.45 bits per heavy atom. The predicted octanol–water partition coefficient (Wildman–Crippen LogP) is 3.97. The summed E-state index contributed by atoms with van der Waals surface area (Å²) < 4.78 is 41.4. The second-order valence-electron chi connectivity index (χ2n) is 3.73. The number of halogens is 4. The monoisotopic (exact) mass is 345 g/mol. The smallest absolute Gasteiger partial charge is 0.405 e. The van der Waals surface area contributed by atoms with Gasteiger partial charge in [0.05, 0.1) is 5.56 Å². The van der Waals surface area contributed by atoms with Crippen LogP contribution < -0.4 is 4.74 Å². The summed E-state index contributed by atoms with van der Waals surface area (Å²) in [5, 5.41) is 0. The molecule has 2 aromatic rings. The van der Waals surface area contributed by atoms with E-state index in [0.29, 0.717) is 4.47 Å². The highest BCUT2D eigenvalue weighted by atomic mass is 79.9. The Bertz CT molecular complexity index is 626. The van der Waals surface area contributed by atoms with Gasteiger partial charge in [-0.2, -0.15) is 0 Å². The zero-order valence-electron chi connectivity index (χ0n) is 9.82. The van der Waals surface area contributed by atoms with Crippen molar-refractivity contribution in [2.75, 3.05) is 0 Å². The molecular weight excluding hydrogens is 339 g/mol. The number of carbonyl (C=O) groups is 1. The van der Waals surface area contributed by atoms with E-state index < -0.39 is 17.9 Å².